The van der Waals surface area contributed by atoms with Crippen molar-refractivity contribution in [3.8, 4) is 5.75 Å². The second kappa shape index (κ2) is 7.86. The molecule has 8 nitrogen and oxygen atoms in total. The standard InChI is InChI=1S/C19H19N3O5/c1-27-17-9-8-15(10-16(17)22(25)26)21-19(24)14-4-2-12(3-5-14)11-20-18(23)13-6-7-13/h2-5,8-10,13H,6-7,11H2,1H3,(H,20,23)(H,21,24). The lowest BCUT2D eigenvalue weighted by atomic mass is 10.1. The van der Waals surface area contributed by atoms with E-state index in [1.54, 1.807) is 24.3 Å². The highest BCUT2D eigenvalue weighted by Gasteiger charge is 2.29. The van der Waals surface area contributed by atoms with E-state index >= 15 is 0 Å². The number of methoxy groups -OCH3 is 1. The van der Waals surface area contributed by atoms with Gasteiger partial charge in [0.2, 0.25) is 5.91 Å². The number of ether oxygens (including phenoxy) is 1. The molecule has 0 atom stereocenters. The predicted octanol–water partition coefficient (Wildman–Crippen LogP) is 2.88. The fourth-order valence-corrected chi connectivity index (χ4v) is 2.57. The fourth-order valence-electron chi connectivity index (χ4n) is 2.57. The van der Waals surface area contributed by atoms with E-state index in [1.165, 1.54) is 25.3 Å². The minimum atomic E-state index is -0.570. The first-order valence-corrected chi connectivity index (χ1v) is 8.48. The number of nitrogens with one attached hydrogen (secondary N) is 2. The lowest BCUT2D eigenvalue weighted by Crippen LogP contribution is -2.24. The van der Waals surface area contributed by atoms with Crippen molar-refractivity contribution < 1.29 is 19.2 Å². The number of benzene rings is 2. The molecule has 1 aliphatic carbocycles. The van der Waals surface area contributed by atoms with E-state index in [2.05, 4.69) is 10.6 Å². The summed E-state index contributed by atoms with van der Waals surface area (Å²) in [6.07, 6.45) is 1.91. The van der Waals surface area contributed by atoms with Gasteiger partial charge in [-0.3, -0.25) is 19.7 Å². The van der Waals surface area contributed by atoms with Crippen LogP contribution in [0.2, 0.25) is 0 Å². The molecule has 2 aromatic rings. The van der Waals surface area contributed by atoms with Crippen LogP contribution in [0.5, 0.6) is 5.75 Å². The maximum Gasteiger partial charge on any atom is 0.312 e. The summed E-state index contributed by atoms with van der Waals surface area (Å²) in [7, 11) is 1.34. The van der Waals surface area contributed by atoms with Crippen molar-refractivity contribution in [2.45, 2.75) is 19.4 Å². The van der Waals surface area contributed by atoms with Crippen LogP contribution in [0.25, 0.3) is 0 Å². The topological polar surface area (TPSA) is 111 Å². The first kappa shape index (κ1) is 18.4. The molecule has 0 radical (unpaired) electrons. The summed E-state index contributed by atoms with van der Waals surface area (Å²) in [4.78, 5) is 34.5. The van der Waals surface area contributed by atoms with Gasteiger partial charge in [-0.2, -0.15) is 0 Å². The third kappa shape index (κ3) is 4.60. The van der Waals surface area contributed by atoms with E-state index in [1.807, 2.05) is 0 Å². The number of nitro groups is 1. The van der Waals surface area contributed by atoms with Gasteiger partial charge in [0.1, 0.15) is 0 Å². The molecule has 0 spiro atoms. The molecule has 140 valence electrons. The van der Waals surface area contributed by atoms with E-state index in [0.717, 1.165) is 18.4 Å². The lowest BCUT2D eigenvalue weighted by Gasteiger charge is -2.08. The molecule has 0 unspecified atom stereocenters. The summed E-state index contributed by atoms with van der Waals surface area (Å²) in [6.45, 7) is 0.419. The van der Waals surface area contributed by atoms with Crippen molar-refractivity contribution in [3.05, 3.63) is 63.7 Å². The number of amides is 2. The van der Waals surface area contributed by atoms with Gasteiger partial charge in [-0.25, -0.2) is 0 Å². The molecular formula is C19H19N3O5. The van der Waals surface area contributed by atoms with E-state index in [9.17, 15) is 19.7 Å². The van der Waals surface area contributed by atoms with Crippen LogP contribution in [-0.2, 0) is 11.3 Å². The molecule has 8 heteroatoms. The van der Waals surface area contributed by atoms with E-state index in [4.69, 9.17) is 4.74 Å². The zero-order valence-corrected chi connectivity index (χ0v) is 14.7. The van der Waals surface area contributed by atoms with Gasteiger partial charge in [0.15, 0.2) is 5.75 Å². The van der Waals surface area contributed by atoms with Crippen LogP contribution in [0, 0.1) is 16.0 Å². The largest absolute Gasteiger partial charge is 0.490 e. The smallest absolute Gasteiger partial charge is 0.312 e. The molecule has 0 aromatic heterocycles. The van der Waals surface area contributed by atoms with Crippen molar-refractivity contribution >= 4 is 23.2 Å². The van der Waals surface area contributed by atoms with E-state index < -0.39 is 4.92 Å². The maximum atomic E-state index is 12.3. The summed E-state index contributed by atoms with van der Waals surface area (Å²) in [5.74, 6) is -0.0415. The van der Waals surface area contributed by atoms with Gasteiger partial charge in [0.05, 0.1) is 12.0 Å². The first-order chi connectivity index (χ1) is 13.0. The van der Waals surface area contributed by atoms with Crippen LogP contribution < -0.4 is 15.4 Å². The molecular weight excluding hydrogens is 350 g/mol. The molecule has 2 N–H and O–H groups in total. The highest BCUT2D eigenvalue weighted by Crippen LogP contribution is 2.30. The Labute approximate surface area is 155 Å². The number of nitro benzene ring substituents is 1. The minimum Gasteiger partial charge on any atom is -0.490 e. The van der Waals surface area contributed by atoms with Crippen LogP contribution in [0.1, 0.15) is 28.8 Å². The first-order valence-electron chi connectivity index (χ1n) is 8.48. The summed E-state index contributed by atoms with van der Waals surface area (Å²) >= 11 is 0. The number of hydrogen-bond acceptors (Lipinski definition) is 5. The van der Waals surface area contributed by atoms with Crippen LogP contribution in [-0.4, -0.2) is 23.8 Å². The van der Waals surface area contributed by atoms with Crippen molar-refractivity contribution in [1.82, 2.24) is 5.32 Å². The Morgan fingerprint density at radius 1 is 1.19 bits per heavy atom. The number of anilines is 1. The van der Waals surface area contributed by atoms with Gasteiger partial charge in [-0.15, -0.1) is 0 Å². The highest BCUT2D eigenvalue weighted by atomic mass is 16.6. The van der Waals surface area contributed by atoms with Gasteiger partial charge in [-0.1, -0.05) is 12.1 Å². The van der Waals surface area contributed by atoms with Crippen LogP contribution in [0.4, 0.5) is 11.4 Å². The Balaban J connectivity index is 1.63. The molecule has 27 heavy (non-hydrogen) atoms. The summed E-state index contributed by atoms with van der Waals surface area (Å²) in [6, 6.07) is 11.0. The van der Waals surface area contributed by atoms with Gasteiger partial charge in [0, 0.05) is 29.8 Å². The van der Waals surface area contributed by atoms with Crippen molar-refractivity contribution in [2.75, 3.05) is 12.4 Å². The van der Waals surface area contributed by atoms with Crippen molar-refractivity contribution in [1.29, 1.82) is 0 Å². The van der Waals surface area contributed by atoms with Gasteiger partial charge in [0.25, 0.3) is 5.91 Å². The van der Waals surface area contributed by atoms with Crippen molar-refractivity contribution in [2.24, 2.45) is 5.92 Å². The minimum absolute atomic E-state index is 0.0675. The van der Waals surface area contributed by atoms with E-state index in [-0.39, 0.29) is 29.2 Å². The van der Waals surface area contributed by atoms with E-state index in [0.29, 0.717) is 17.8 Å². The molecule has 2 amide bonds. The van der Waals surface area contributed by atoms with Gasteiger partial charge in [-0.05, 0) is 42.7 Å². The number of carbonyl (C=O) groups excluding carboxylic acids is 2. The van der Waals surface area contributed by atoms with Crippen LogP contribution in [0.15, 0.2) is 42.5 Å². The van der Waals surface area contributed by atoms with Crippen LogP contribution in [0.3, 0.4) is 0 Å². The highest BCUT2D eigenvalue weighted by molar-refractivity contribution is 6.04. The molecule has 0 bridgehead atoms. The number of nitrogens with zero attached hydrogens (tertiary/aromatic N) is 1. The number of rotatable bonds is 7. The predicted molar refractivity (Wildman–Crippen MR) is 98.6 cm³/mol. The lowest BCUT2D eigenvalue weighted by molar-refractivity contribution is -0.385. The molecule has 0 saturated heterocycles. The molecule has 3 rings (SSSR count). The summed E-state index contributed by atoms with van der Waals surface area (Å²) in [5, 5.41) is 16.6. The SMILES string of the molecule is COc1ccc(NC(=O)c2ccc(CNC(=O)C3CC3)cc2)cc1[N+](=O)[O-]. The Hall–Kier alpha value is -3.42. The molecule has 0 heterocycles. The maximum absolute atomic E-state index is 12.3. The second-order valence-corrected chi connectivity index (χ2v) is 6.29. The average molecular weight is 369 g/mol. The van der Waals surface area contributed by atoms with Crippen LogP contribution >= 0.6 is 0 Å². The third-order valence-corrected chi connectivity index (χ3v) is 4.26. The average Bonchev–Trinajstić information content (AvgIpc) is 3.51. The monoisotopic (exact) mass is 369 g/mol. The molecule has 1 fully saturated rings. The molecule has 2 aromatic carbocycles. The Morgan fingerprint density at radius 3 is 2.48 bits per heavy atom. The number of carbonyl (C=O) groups is 2. The number of hydrogen-bond donors (Lipinski definition) is 2. The Bertz CT molecular complexity index is 875. The quantitative estimate of drug-likeness (QED) is 0.576. The molecule has 1 saturated carbocycles. The fraction of sp³-hybridized carbons (Fsp3) is 0.263. The molecule has 0 aliphatic heterocycles. The zero-order chi connectivity index (χ0) is 19.4. The third-order valence-electron chi connectivity index (χ3n) is 4.26. The Morgan fingerprint density at radius 2 is 1.89 bits per heavy atom. The van der Waals surface area contributed by atoms with Gasteiger partial charge >= 0.3 is 5.69 Å². The Kier molecular flexibility index (Phi) is 5.35. The van der Waals surface area contributed by atoms with Crippen molar-refractivity contribution in [3.63, 3.8) is 0 Å². The summed E-state index contributed by atoms with van der Waals surface area (Å²) < 4.78 is 4.94. The second-order valence-electron chi connectivity index (χ2n) is 6.29. The summed E-state index contributed by atoms with van der Waals surface area (Å²) in [5.41, 5.74) is 1.37. The normalized spacial score (nSPS) is 12.9. The zero-order valence-electron chi connectivity index (χ0n) is 14.7. The molecule has 1 aliphatic rings. The van der Waals surface area contributed by atoms with Gasteiger partial charge < -0.3 is 15.4 Å².